The molecule has 0 aromatic carbocycles. The number of amides is 1. The van der Waals surface area contributed by atoms with Crippen LogP contribution in [0.15, 0.2) is 26.5 Å². The summed E-state index contributed by atoms with van der Waals surface area (Å²) in [5.41, 5.74) is 2.65. The van der Waals surface area contributed by atoms with Gasteiger partial charge < -0.3 is 15.5 Å². The van der Waals surface area contributed by atoms with E-state index in [1.807, 2.05) is 40.0 Å². The monoisotopic (exact) mass is 447 g/mol. The smallest absolute Gasteiger partial charge is 0.408 e. The second-order valence-corrected chi connectivity index (χ2v) is 9.08. The maximum Gasteiger partial charge on any atom is 0.408 e. The Morgan fingerprint density at radius 2 is 1.96 bits per heavy atom. The lowest BCUT2D eigenvalue weighted by molar-refractivity contribution is 0.0470. The summed E-state index contributed by atoms with van der Waals surface area (Å²) in [6.45, 7) is 15.9. The van der Waals surface area contributed by atoms with Crippen molar-refractivity contribution in [3.05, 3.63) is 21.4 Å². The van der Waals surface area contributed by atoms with E-state index in [0.29, 0.717) is 12.8 Å². The van der Waals surface area contributed by atoms with Gasteiger partial charge in [-0.3, -0.25) is 0 Å². The molecule has 0 rings (SSSR count). The number of halogens is 1. The molecule has 1 atom stereocenters. The summed E-state index contributed by atoms with van der Waals surface area (Å²) in [6.07, 6.45) is 2.63. The van der Waals surface area contributed by atoms with Gasteiger partial charge in [-0.05, 0) is 58.8 Å². The number of hydrogen-bond acceptors (Lipinski definition) is 5. The summed E-state index contributed by atoms with van der Waals surface area (Å²) in [7, 11) is 1.78. The fourth-order valence-corrected chi connectivity index (χ4v) is 3.45. The Hall–Kier alpha value is -0.950. The van der Waals surface area contributed by atoms with Crippen LogP contribution in [0.25, 0.3) is 0 Å². The molecule has 0 aromatic heterocycles. The van der Waals surface area contributed by atoms with Crippen molar-refractivity contribution in [2.75, 3.05) is 7.05 Å². The highest BCUT2D eigenvalue weighted by Gasteiger charge is 2.35. The molecular formula is C19H34BrN3O2S. The number of carbonyl (C=O) groups excluding carboxylic acids is 1. The van der Waals surface area contributed by atoms with Crippen LogP contribution in [0, 0.1) is 0 Å². The number of thioether (sulfide) groups is 1. The average molecular weight is 448 g/mol. The molecule has 5 nitrogen and oxygen atoms in total. The van der Waals surface area contributed by atoms with Crippen LogP contribution < -0.4 is 10.7 Å². The fraction of sp³-hybridized carbons (Fsp3) is 0.684. The number of nitrogens with one attached hydrogen (secondary N) is 2. The Morgan fingerprint density at radius 3 is 2.42 bits per heavy atom. The minimum Gasteiger partial charge on any atom is -0.444 e. The molecule has 2 N–H and O–H groups in total. The second kappa shape index (κ2) is 11.7. The normalized spacial score (nSPS) is 15.2. The summed E-state index contributed by atoms with van der Waals surface area (Å²) in [5, 5.41) is 9.31. The van der Waals surface area contributed by atoms with Crippen molar-refractivity contribution in [3.63, 3.8) is 0 Å². The van der Waals surface area contributed by atoms with Crippen molar-refractivity contribution in [3.8, 4) is 0 Å². The number of ether oxygens (including phenoxy) is 1. The van der Waals surface area contributed by atoms with Gasteiger partial charge in [0.25, 0.3) is 0 Å². The third kappa shape index (κ3) is 9.67. The van der Waals surface area contributed by atoms with Crippen molar-refractivity contribution in [1.82, 2.24) is 10.7 Å². The zero-order valence-electron chi connectivity index (χ0n) is 17.2. The zero-order chi connectivity index (χ0) is 20.4. The van der Waals surface area contributed by atoms with Gasteiger partial charge in [0.1, 0.15) is 5.60 Å². The molecule has 1 unspecified atom stereocenters. The molecule has 0 radical (unpaired) electrons. The van der Waals surface area contributed by atoms with Crippen LogP contribution in [-0.4, -0.2) is 30.0 Å². The summed E-state index contributed by atoms with van der Waals surface area (Å²) in [5.74, 6) is 0. The van der Waals surface area contributed by atoms with E-state index < -0.39 is 17.2 Å². The second-order valence-electron chi connectivity index (χ2n) is 7.09. The average Bonchev–Trinajstić information content (AvgIpc) is 2.54. The SMILES string of the molecule is C=C(S/C=C(/Br)CC)C(CC)(CC/C(C)=N/NC)NC(=O)OC(C)(C)C. The third-order valence-electron chi connectivity index (χ3n) is 3.76. The first-order valence-electron chi connectivity index (χ1n) is 8.91. The van der Waals surface area contributed by atoms with Crippen LogP contribution >= 0.6 is 27.7 Å². The van der Waals surface area contributed by atoms with Gasteiger partial charge in [-0.2, -0.15) is 5.10 Å². The molecule has 7 heteroatoms. The summed E-state index contributed by atoms with van der Waals surface area (Å²) < 4.78 is 6.57. The molecule has 0 saturated carbocycles. The van der Waals surface area contributed by atoms with Gasteiger partial charge in [0.05, 0.1) is 5.54 Å². The van der Waals surface area contributed by atoms with E-state index in [1.54, 1.807) is 7.05 Å². The van der Waals surface area contributed by atoms with Gasteiger partial charge in [0.15, 0.2) is 0 Å². The first kappa shape index (κ1) is 25.1. The van der Waals surface area contributed by atoms with E-state index in [0.717, 1.165) is 27.9 Å². The first-order chi connectivity index (χ1) is 12.0. The van der Waals surface area contributed by atoms with Crippen LogP contribution in [0.2, 0.25) is 0 Å². The summed E-state index contributed by atoms with van der Waals surface area (Å²) in [4.78, 5) is 13.3. The van der Waals surface area contributed by atoms with Crippen molar-refractivity contribution in [2.24, 2.45) is 5.10 Å². The van der Waals surface area contributed by atoms with Crippen molar-refractivity contribution < 1.29 is 9.53 Å². The molecule has 1 amide bonds. The number of alkyl carbamates (subject to hydrolysis) is 1. The minimum atomic E-state index is -0.574. The largest absolute Gasteiger partial charge is 0.444 e. The van der Waals surface area contributed by atoms with Crippen molar-refractivity contribution in [1.29, 1.82) is 0 Å². The van der Waals surface area contributed by atoms with Crippen LogP contribution in [0.3, 0.4) is 0 Å². The Labute approximate surface area is 171 Å². The molecule has 0 aliphatic heterocycles. The molecular weight excluding hydrogens is 414 g/mol. The molecule has 0 aliphatic rings. The molecule has 26 heavy (non-hydrogen) atoms. The van der Waals surface area contributed by atoms with E-state index in [4.69, 9.17) is 4.74 Å². The van der Waals surface area contributed by atoms with Crippen molar-refractivity contribution in [2.45, 2.75) is 78.4 Å². The Balaban J connectivity index is 5.47. The lowest BCUT2D eigenvalue weighted by Gasteiger charge is -2.36. The van der Waals surface area contributed by atoms with E-state index in [-0.39, 0.29) is 0 Å². The quantitative estimate of drug-likeness (QED) is 0.321. The maximum absolute atomic E-state index is 12.5. The zero-order valence-corrected chi connectivity index (χ0v) is 19.6. The first-order valence-corrected chi connectivity index (χ1v) is 10.6. The van der Waals surface area contributed by atoms with Crippen LogP contribution in [0.1, 0.15) is 67.2 Å². The predicted octanol–water partition coefficient (Wildman–Crippen LogP) is 5.93. The standard InChI is InChI=1S/C19H34BrN3O2S/c1-9-16(20)13-26-15(4)19(10-2,12-11-14(3)23-21-8)22-17(24)25-18(5,6)7/h13,21H,4,9-12H2,1-3,5-8H3,(H,22,24)/b16-13+,23-14+. The molecule has 150 valence electrons. The van der Waals surface area contributed by atoms with Gasteiger partial charge in [-0.1, -0.05) is 48.1 Å². The molecule has 0 spiro atoms. The van der Waals surface area contributed by atoms with Crippen molar-refractivity contribution >= 4 is 39.5 Å². The lowest BCUT2D eigenvalue weighted by Crippen LogP contribution is -2.50. The highest BCUT2D eigenvalue weighted by Crippen LogP contribution is 2.36. The van der Waals surface area contributed by atoms with Crippen LogP contribution in [0.5, 0.6) is 0 Å². The summed E-state index contributed by atoms with van der Waals surface area (Å²) >= 11 is 5.06. The van der Waals surface area contributed by atoms with Gasteiger partial charge in [0, 0.05) is 22.1 Å². The number of nitrogens with zero attached hydrogens (tertiary/aromatic N) is 1. The van der Waals surface area contributed by atoms with Gasteiger partial charge in [0.2, 0.25) is 0 Å². The Bertz CT molecular complexity index is 541. The molecule has 0 bridgehead atoms. The van der Waals surface area contributed by atoms with Gasteiger partial charge >= 0.3 is 6.09 Å². The summed E-state index contributed by atoms with van der Waals surface area (Å²) in [6, 6.07) is 0. The van der Waals surface area contributed by atoms with E-state index in [9.17, 15) is 4.79 Å². The van der Waals surface area contributed by atoms with Crippen LogP contribution in [-0.2, 0) is 4.74 Å². The molecule has 0 saturated heterocycles. The topological polar surface area (TPSA) is 62.7 Å². The van der Waals surface area contributed by atoms with Gasteiger partial charge in [-0.15, -0.1) is 0 Å². The number of carbonyl (C=O) groups is 1. The van der Waals surface area contributed by atoms with E-state index in [2.05, 4.69) is 45.3 Å². The Kier molecular flexibility index (Phi) is 11.3. The van der Waals surface area contributed by atoms with E-state index >= 15 is 0 Å². The molecule has 0 aromatic rings. The van der Waals surface area contributed by atoms with Crippen LogP contribution in [0.4, 0.5) is 4.79 Å². The molecule has 0 aliphatic carbocycles. The number of hydrogen-bond donors (Lipinski definition) is 2. The highest BCUT2D eigenvalue weighted by molar-refractivity contribution is 9.11. The van der Waals surface area contributed by atoms with E-state index in [1.165, 1.54) is 11.8 Å². The number of rotatable bonds is 10. The Morgan fingerprint density at radius 1 is 1.35 bits per heavy atom. The number of hydrazone groups is 1. The number of allylic oxidation sites excluding steroid dienone is 1. The minimum absolute atomic E-state index is 0.428. The predicted molar refractivity (Wildman–Crippen MR) is 118 cm³/mol. The maximum atomic E-state index is 12.5. The fourth-order valence-electron chi connectivity index (χ4n) is 2.21. The lowest BCUT2D eigenvalue weighted by atomic mass is 9.89. The van der Waals surface area contributed by atoms with Gasteiger partial charge in [-0.25, -0.2) is 4.79 Å². The highest BCUT2D eigenvalue weighted by atomic mass is 79.9. The molecule has 0 fully saturated rings. The third-order valence-corrected chi connectivity index (χ3v) is 5.93. The molecule has 0 heterocycles.